The molecule has 0 spiro atoms. The molecule has 1 aromatic carbocycles. The molecule has 24 heavy (non-hydrogen) atoms. The first-order valence-corrected chi connectivity index (χ1v) is 8.05. The smallest absolute Gasteiger partial charge is 0.305 e. The Balaban J connectivity index is 2.12. The molecule has 1 aliphatic heterocycles. The van der Waals surface area contributed by atoms with E-state index in [0.29, 0.717) is 5.56 Å². The molecule has 0 saturated carbocycles. The second kappa shape index (κ2) is 7.78. The summed E-state index contributed by atoms with van der Waals surface area (Å²) in [6.45, 7) is 5.68. The van der Waals surface area contributed by atoms with E-state index in [9.17, 15) is 14.4 Å². The number of carbonyl (C=O) groups is 3. The third kappa shape index (κ3) is 4.23. The van der Waals surface area contributed by atoms with Crippen LogP contribution in [0.3, 0.4) is 0 Å². The van der Waals surface area contributed by atoms with Gasteiger partial charge in [0.15, 0.2) is 5.17 Å². The number of nitrogens with one attached hydrogen (secondary N) is 1. The molecule has 1 atom stereocenters. The number of carboxylic acids is 1. The maximum atomic E-state index is 12.2. The van der Waals surface area contributed by atoms with Crippen molar-refractivity contribution in [2.75, 3.05) is 6.54 Å². The number of aryl methyl sites for hydroxylation is 1. The summed E-state index contributed by atoms with van der Waals surface area (Å²) in [6, 6.07) is 6.96. The Morgan fingerprint density at radius 3 is 2.67 bits per heavy atom. The number of rotatable bonds is 6. The third-order valence-electron chi connectivity index (χ3n) is 3.26. The first-order valence-electron chi connectivity index (χ1n) is 7.17. The number of thioether (sulfide) groups is 1. The highest BCUT2D eigenvalue weighted by atomic mass is 32.2. The van der Waals surface area contributed by atoms with Crippen LogP contribution in [0.4, 0.5) is 0 Å². The van der Waals surface area contributed by atoms with Crippen LogP contribution in [0.15, 0.2) is 42.0 Å². The molecular formula is C16H17N3O4S. The van der Waals surface area contributed by atoms with Crippen LogP contribution in [0.1, 0.15) is 22.3 Å². The van der Waals surface area contributed by atoms with Crippen LogP contribution in [0.25, 0.3) is 0 Å². The van der Waals surface area contributed by atoms with Crippen LogP contribution in [0, 0.1) is 6.92 Å². The van der Waals surface area contributed by atoms with E-state index in [-0.39, 0.29) is 24.0 Å². The molecule has 2 amide bonds. The van der Waals surface area contributed by atoms with Gasteiger partial charge in [0.2, 0.25) is 5.91 Å². The van der Waals surface area contributed by atoms with E-state index in [1.165, 1.54) is 11.0 Å². The Morgan fingerprint density at radius 2 is 2.08 bits per heavy atom. The number of nitrogens with zero attached hydrogens (tertiary/aromatic N) is 2. The lowest BCUT2D eigenvalue weighted by Crippen LogP contribution is -2.34. The lowest BCUT2D eigenvalue weighted by molar-refractivity contribution is -0.139. The summed E-state index contributed by atoms with van der Waals surface area (Å²) >= 11 is 1.02. The van der Waals surface area contributed by atoms with Gasteiger partial charge in [0.1, 0.15) is 5.25 Å². The molecule has 0 unspecified atom stereocenters. The van der Waals surface area contributed by atoms with Gasteiger partial charge < -0.3 is 5.11 Å². The van der Waals surface area contributed by atoms with Gasteiger partial charge in [0.05, 0.1) is 6.42 Å². The zero-order valence-corrected chi connectivity index (χ0v) is 13.9. The van der Waals surface area contributed by atoms with Crippen molar-refractivity contribution in [3.8, 4) is 0 Å². The number of amidine groups is 1. The van der Waals surface area contributed by atoms with Crippen LogP contribution in [0.2, 0.25) is 0 Å². The molecule has 2 N–H and O–H groups in total. The summed E-state index contributed by atoms with van der Waals surface area (Å²) in [5.41, 5.74) is 3.87. The van der Waals surface area contributed by atoms with E-state index < -0.39 is 17.1 Å². The van der Waals surface area contributed by atoms with Gasteiger partial charge in [-0.15, -0.1) is 11.7 Å². The number of carboxylic acid groups (broad SMARTS) is 1. The van der Waals surface area contributed by atoms with E-state index in [4.69, 9.17) is 5.11 Å². The second-order valence-electron chi connectivity index (χ2n) is 5.14. The standard InChI is InChI=1S/C16H17N3O4S/c1-3-8-19-15(23)12(9-13(20)21)24-16(19)18-17-14(22)11-6-4-10(2)5-7-11/h3-7,12H,1,8-9H2,2H3,(H,17,22)(H,20,21)/b18-16-/t12-/m0/s1. The molecular weight excluding hydrogens is 330 g/mol. The quantitative estimate of drug-likeness (QED) is 0.601. The van der Waals surface area contributed by atoms with Gasteiger partial charge in [0.25, 0.3) is 5.91 Å². The van der Waals surface area contributed by atoms with Gasteiger partial charge in [-0.05, 0) is 19.1 Å². The molecule has 7 nitrogen and oxygen atoms in total. The van der Waals surface area contributed by atoms with Crippen molar-refractivity contribution >= 4 is 34.7 Å². The average molecular weight is 347 g/mol. The lowest BCUT2D eigenvalue weighted by Gasteiger charge is -2.13. The van der Waals surface area contributed by atoms with Crippen molar-refractivity contribution in [1.82, 2.24) is 10.3 Å². The summed E-state index contributed by atoms with van der Waals surface area (Å²) in [6.07, 6.45) is 1.21. The number of carbonyl (C=O) groups excluding carboxylic acids is 2. The molecule has 1 heterocycles. The molecule has 0 bridgehead atoms. The minimum Gasteiger partial charge on any atom is -0.481 e. The van der Waals surface area contributed by atoms with Gasteiger partial charge in [-0.2, -0.15) is 0 Å². The van der Waals surface area contributed by atoms with Crippen molar-refractivity contribution in [1.29, 1.82) is 0 Å². The van der Waals surface area contributed by atoms with Crippen LogP contribution < -0.4 is 5.43 Å². The number of amides is 2. The van der Waals surface area contributed by atoms with Crippen LogP contribution in [-0.4, -0.2) is 44.8 Å². The Kier molecular flexibility index (Phi) is 5.75. The maximum absolute atomic E-state index is 12.2. The molecule has 0 aromatic heterocycles. The number of hydrogen-bond donors (Lipinski definition) is 2. The minimum absolute atomic E-state index is 0.196. The summed E-state index contributed by atoms with van der Waals surface area (Å²) in [4.78, 5) is 36.4. The number of benzene rings is 1. The molecule has 1 aliphatic rings. The SMILES string of the molecule is C=CCN1C(=O)[C@H](CC(=O)O)S/C1=N\NC(=O)c1ccc(C)cc1. The fourth-order valence-corrected chi connectivity index (χ4v) is 3.15. The zero-order valence-electron chi connectivity index (χ0n) is 13.1. The van der Waals surface area contributed by atoms with Crippen molar-refractivity contribution < 1.29 is 19.5 Å². The Morgan fingerprint density at radius 1 is 1.42 bits per heavy atom. The second-order valence-corrected chi connectivity index (χ2v) is 6.31. The highest BCUT2D eigenvalue weighted by Crippen LogP contribution is 2.29. The van der Waals surface area contributed by atoms with Crippen molar-refractivity contribution in [3.63, 3.8) is 0 Å². The number of hydrazone groups is 1. The topological polar surface area (TPSA) is 99.1 Å². The average Bonchev–Trinajstić information content (AvgIpc) is 2.82. The van der Waals surface area contributed by atoms with E-state index in [0.717, 1.165) is 17.3 Å². The van der Waals surface area contributed by atoms with Crippen LogP contribution >= 0.6 is 11.8 Å². The van der Waals surface area contributed by atoms with E-state index in [2.05, 4.69) is 17.1 Å². The molecule has 1 aromatic rings. The predicted molar refractivity (Wildman–Crippen MR) is 91.6 cm³/mol. The number of aliphatic carboxylic acids is 1. The Bertz CT molecular complexity index is 700. The molecule has 2 rings (SSSR count). The maximum Gasteiger partial charge on any atom is 0.305 e. The van der Waals surface area contributed by atoms with Crippen molar-refractivity contribution in [2.45, 2.75) is 18.6 Å². The van der Waals surface area contributed by atoms with Crippen molar-refractivity contribution in [3.05, 3.63) is 48.0 Å². The van der Waals surface area contributed by atoms with Gasteiger partial charge in [0, 0.05) is 12.1 Å². The van der Waals surface area contributed by atoms with E-state index in [1.54, 1.807) is 12.1 Å². The fraction of sp³-hybridized carbons (Fsp3) is 0.250. The summed E-state index contributed by atoms with van der Waals surface area (Å²) < 4.78 is 0. The highest BCUT2D eigenvalue weighted by Gasteiger charge is 2.38. The first-order chi connectivity index (χ1) is 11.4. The largest absolute Gasteiger partial charge is 0.481 e. The zero-order chi connectivity index (χ0) is 17.7. The number of hydrogen-bond acceptors (Lipinski definition) is 5. The first kappa shape index (κ1) is 17.7. The molecule has 1 saturated heterocycles. The molecule has 126 valence electrons. The van der Waals surface area contributed by atoms with Crippen LogP contribution in [0.5, 0.6) is 0 Å². The minimum atomic E-state index is -1.07. The lowest BCUT2D eigenvalue weighted by atomic mass is 10.1. The van der Waals surface area contributed by atoms with Crippen molar-refractivity contribution in [2.24, 2.45) is 5.10 Å². The summed E-state index contributed by atoms with van der Waals surface area (Å²) in [7, 11) is 0. The fourth-order valence-electron chi connectivity index (χ4n) is 2.05. The molecule has 1 fully saturated rings. The predicted octanol–water partition coefficient (Wildman–Crippen LogP) is 1.60. The van der Waals surface area contributed by atoms with Gasteiger partial charge >= 0.3 is 5.97 Å². The van der Waals surface area contributed by atoms with Gasteiger partial charge in [-0.3, -0.25) is 19.3 Å². The van der Waals surface area contributed by atoms with Gasteiger partial charge in [-0.25, -0.2) is 5.43 Å². The molecule has 8 heteroatoms. The normalized spacial score (nSPS) is 18.7. The molecule has 0 radical (unpaired) electrons. The summed E-state index contributed by atoms with van der Waals surface area (Å²) in [5.74, 6) is -1.83. The van der Waals surface area contributed by atoms with E-state index in [1.807, 2.05) is 19.1 Å². The monoisotopic (exact) mass is 347 g/mol. The van der Waals surface area contributed by atoms with E-state index >= 15 is 0 Å². The third-order valence-corrected chi connectivity index (χ3v) is 4.43. The van der Waals surface area contributed by atoms with Gasteiger partial charge in [-0.1, -0.05) is 35.5 Å². The highest BCUT2D eigenvalue weighted by molar-refractivity contribution is 8.15. The summed E-state index contributed by atoms with van der Waals surface area (Å²) in [5, 5.41) is 12.3. The molecule has 0 aliphatic carbocycles. The van der Waals surface area contributed by atoms with Crippen LogP contribution in [-0.2, 0) is 9.59 Å². The Hall–Kier alpha value is -2.61. The Labute approximate surface area is 143 Å².